The molecule has 0 fully saturated rings. The van der Waals surface area contributed by atoms with Gasteiger partial charge in [-0.3, -0.25) is 9.10 Å². The fourth-order valence-corrected chi connectivity index (χ4v) is 4.76. The highest BCUT2D eigenvalue weighted by atomic mass is 32.2. The zero-order valence-corrected chi connectivity index (χ0v) is 17.1. The molecule has 4 rings (SSSR count). The summed E-state index contributed by atoms with van der Waals surface area (Å²) in [4.78, 5) is 16.8. The second-order valence-electron chi connectivity index (χ2n) is 6.32. The Morgan fingerprint density at radius 1 is 1.00 bits per heavy atom. The van der Waals surface area contributed by atoms with Crippen molar-refractivity contribution in [3.05, 3.63) is 83.9 Å². The van der Waals surface area contributed by atoms with E-state index in [-0.39, 0.29) is 10.8 Å². The average Bonchev–Trinajstić information content (AvgIpc) is 3.22. The lowest BCUT2D eigenvalue weighted by Crippen LogP contribution is -2.26. The number of hydrogen-bond donors (Lipinski definition) is 1. The molecular weight excluding hydrogens is 406 g/mol. The van der Waals surface area contributed by atoms with E-state index in [2.05, 4.69) is 10.3 Å². The van der Waals surface area contributed by atoms with E-state index >= 15 is 0 Å². The smallest absolute Gasteiger partial charge is 0.264 e. The Hall–Kier alpha value is -3.23. The summed E-state index contributed by atoms with van der Waals surface area (Å²) in [6, 6.07) is 20.2. The van der Waals surface area contributed by atoms with E-state index in [0.717, 1.165) is 10.2 Å². The third kappa shape index (κ3) is 3.85. The Bertz CT molecular complexity index is 1270. The first-order chi connectivity index (χ1) is 13.9. The number of amides is 1. The van der Waals surface area contributed by atoms with Crippen molar-refractivity contribution in [2.75, 3.05) is 16.7 Å². The highest BCUT2D eigenvalue weighted by Crippen LogP contribution is 2.24. The lowest BCUT2D eigenvalue weighted by atomic mass is 10.2. The molecule has 146 valence electrons. The van der Waals surface area contributed by atoms with Gasteiger partial charge >= 0.3 is 0 Å². The third-order valence-corrected chi connectivity index (χ3v) is 7.08. The molecule has 0 aliphatic carbocycles. The SMILES string of the molecule is CN(c1ccccc1)S(=O)(=O)c1ccc(C(=O)Nc2ccc3ncsc3c2)cc1. The number of rotatable bonds is 5. The van der Waals surface area contributed by atoms with Crippen molar-refractivity contribution in [1.82, 2.24) is 4.98 Å². The van der Waals surface area contributed by atoms with Gasteiger partial charge < -0.3 is 5.32 Å². The first kappa shape index (κ1) is 19.1. The van der Waals surface area contributed by atoms with Crippen LogP contribution in [0.5, 0.6) is 0 Å². The van der Waals surface area contributed by atoms with Crippen LogP contribution in [-0.4, -0.2) is 26.4 Å². The zero-order chi connectivity index (χ0) is 20.4. The van der Waals surface area contributed by atoms with Crippen molar-refractivity contribution in [1.29, 1.82) is 0 Å². The maximum atomic E-state index is 12.8. The predicted molar refractivity (Wildman–Crippen MR) is 116 cm³/mol. The summed E-state index contributed by atoms with van der Waals surface area (Å²) in [6.45, 7) is 0. The van der Waals surface area contributed by atoms with Crippen LogP contribution in [0.1, 0.15) is 10.4 Å². The van der Waals surface area contributed by atoms with Gasteiger partial charge in [0.25, 0.3) is 15.9 Å². The summed E-state index contributed by atoms with van der Waals surface area (Å²) in [5, 5.41) is 2.83. The average molecular weight is 424 g/mol. The molecule has 1 heterocycles. The quantitative estimate of drug-likeness (QED) is 0.517. The van der Waals surface area contributed by atoms with E-state index in [0.29, 0.717) is 16.9 Å². The molecule has 1 N–H and O–H groups in total. The van der Waals surface area contributed by atoms with Crippen LogP contribution in [0.2, 0.25) is 0 Å². The summed E-state index contributed by atoms with van der Waals surface area (Å²) in [5.41, 5.74) is 4.22. The second-order valence-corrected chi connectivity index (χ2v) is 9.18. The number of para-hydroxylation sites is 1. The molecule has 29 heavy (non-hydrogen) atoms. The molecule has 4 aromatic rings. The lowest BCUT2D eigenvalue weighted by Gasteiger charge is -2.19. The number of benzene rings is 3. The Kier molecular flexibility index (Phi) is 5.04. The van der Waals surface area contributed by atoms with Crippen LogP contribution >= 0.6 is 11.3 Å². The van der Waals surface area contributed by atoms with Crippen molar-refractivity contribution in [3.8, 4) is 0 Å². The summed E-state index contributed by atoms with van der Waals surface area (Å²) < 4.78 is 27.8. The third-order valence-electron chi connectivity index (χ3n) is 4.48. The van der Waals surface area contributed by atoms with Crippen LogP contribution in [0.25, 0.3) is 10.2 Å². The van der Waals surface area contributed by atoms with Gasteiger partial charge in [-0.15, -0.1) is 11.3 Å². The van der Waals surface area contributed by atoms with Gasteiger partial charge in [0.2, 0.25) is 0 Å². The number of sulfonamides is 1. The number of fused-ring (bicyclic) bond motifs is 1. The molecule has 0 spiro atoms. The zero-order valence-electron chi connectivity index (χ0n) is 15.4. The number of thiazole rings is 1. The molecule has 1 amide bonds. The van der Waals surface area contributed by atoms with Gasteiger partial charge in [-0.25, -0.2) is 13.4 Å². The van der Waals surface area contributed by atoms with Crippen molar-refractivity contribution in [2.45, 2.75) is 4.90 Å². The number of aromatic nitrogens is 1. The maximum absolute atomic E-state index is 12.8. The van der Waals surface area contributed by atoms with Crippen molar-refractivity contribution >= 4 is 48.9 Å². The number of carbonyl (C=O) groups excluding carboxylic acids is 1. The van der Waals surface area contributed by atoms with Crippen LogP contribution in [0.3, 0.4) is 0 Å². The maximum Gasteiger partial charge on any atom is 0.264 e. The Morgan fingerprint density at radius 2 is 1.72 bits per heavy atom. The normalized spacial score (nSPS) is 11.3. The largest absolute Gasteiger partial charge is 0.322 e. The molecule has 6 nitrogen and oxygen atoms in total. The highest BCUT2D eigenvalue weighted by molar-refractivity contribution is 7.92. The number of anilines is 2. The molecule has 0 bridgehead atoms. The van der Waals surface area contributed by atoms with E-state index in [9.17, 15) is 13.2 Å². The van der Waals surface area contributed by atoms with E-state index in [1.165, 1.54) is 47.0 Å². The summed E-state index contributed by atoms with van der Waals surface area (Å²) in [7, 11) is -2.21. The van der Waals surface area contributed by atoms with Gasteiger partial charge in [0.1, 0.15) is 0 Å². The molecule has 0 saturated carbocycles. The predicted octanol–water partition coefficient (Wildman–Crippen LogP) is 4.37. The van der Waals surface area contributed by atoms with E-state index in [4.69, 9.17) is 0 Å². The van der Waals surface area contributed by atoms with Crippen LogP contribution in [0, 0.1) is 0 Å². The van der Waals surface area contributed by atoms with Gasteiger partial charge in [0, 0.05) is 18.3 Å². The Morgan fingerprint density at radius 3 is 2.45 bits per heavy atom. The number of carbonyl (C=O) groups is 1. The number of nitrogens with one attached hydrogen (secondary N) is 1. The van der Waals surface area contributed by atoms with Crippen LogP contribution in [0.4, 0.5) is 11.4 Å². The topological polar surface area (TPSA) is 79.4 Å². The van der Waals surface area contributed by atoms with Gasteiger partial charge in [-0.1, -0.05) is 18.2 Å². The lowest BCUT2D eigenvalue weighted by molar-refractivity contribution is 0.102. The molecule has 0 radical (unpaired) electrons. The second kappa shape index (κ2) is 7.65. The molecule has 0 aliphatic rings. The molecule has 3 aromatic carbocycles. The monoisotopic (exact) mass is 423 g/mol. The Labute approximate surface area is 172 Å². The van der Waals surface area contributed by atoms with E-state index in [1.54, 1.807) is 35.8 Å². The van der Waals surface area contributed by atoms with Crippen molar-refractivity contribution in [3.63, 3.8) is 0 Å². The highest BCUT2D eigenvalue weighted by Gasteiger charge is 2.21. The standard InChI is InChI=1S/C21H17N3O3S2/c1-24(17-5-3-2-4-6-17)29(26,27)18-10-7-15(8-11-18)21(25)23-16-9-12-19-20(13-16)28-14-22-19/h2-14H,1H3,(H,23,25). The van der Waals surface area contributed by atoms with Gasteiger partial charge in [-0.05, 0) is 54.6 Å². The summed E-state index contributed by atoms with van der Waals surface area (Å²) >= 11 is 1.50. The number of hydrogen-bond acceptors (Lipinski definition) is 5. The minimum atomic E-state index is -3.72. The van der Waals surface area contributed by atoms with Crippen molar-refractivity contribution in [2.24, 2.45) is 0 Å². The van der Waals surface area contributed by atoms with Gasteiger partial charge in [-0.2, -0.15) is 0 Å². The van der Waals surface area contributed by atoms with Crippen LogP contribution < -0.4 is 9.62 Å². The molecule has 1 aromatic heterocycles. The number of nitrogens with zero attached hydrogens (tertiary/aromatic N) is 2. The van der Waals surface area contributed by atoms with Gasteiger partial charge in [0.15, 0.2) is 0 Å². The molecular formula is C21H17N3O3S2. The summed E-state index contributed by atoms with van der Waals surface area (Å²) in [6.07, 6.45) is 0. The summed E-state index contributed by atoms with van der Waals surface area (Å²) in [5.74, 6) is -0.311. The molecule has 0 saturated heterocycles. The Balaban J connectivity index is 1.53. The molecule has 0 unspecified atom stereocenters. The van der Waals surface area contributed by atoms with E-state index in [1.807, 2.05) is 18.2 Å². The first-order valence-electron chi connectivity index (χ1n) is 8.74. The minimum absolute atomic E-state index is 0.117. The molecule has 8 heteroatoms. The van der Waals surface area contributed by atoms with Gasteiger partial charge in [0.05, 0.1) is 26.3 Å². The molecule has 0 atom stereocenters. The molecule has 0 aliphatic heterocycles. The van der Waals surface area contributed by atoms with Crippen molar-refractivity contribution < 1.29 is 13.2 Å². The van der Waals surface area contributed by atoms with Crippen LogP contribution in [-0.2, 0) is 10.0 Å². The fourth-order valence-electron chi connectivity index (χ4n) is 2.85. The van der Waals surface area contributed by atoms with E-state index < -0.39 is 10.0 Å². The van der Waals surface area contributed by atoms with Crippen LogP contribution in [0.15, 0.2) is 83.2 Å². The minimum Gasteiger partial charge on any atom is -0.322 e. The first-order valence-corrected chi connectivity index (χ1v) is 11.1. The fraction of sp³-hybridized carbons (Fsp3) is 0.0476.